The normalized spacial score (nSPS) is 30.1. The highest BCUT2D eigenvalue weighted by Crippen LogP contribution is 2.77. The van der Waals surface area contributed by atoms with Gasteiger partial charge in [-0.25, -0.2) is 0 Å². The van der Waals surface area contributed by atoms with Crippen LogP contribution in [0, 0.1) is 29.1 Å². The van der Waals surface area contributed by atoms with E-state index in [0.29, 0.717) is 23.2 Å². The molecule has 0 N–H and O–H groups in total. The number of benzene rings is 8. The monoisotopic (exact) mass is 887 g/mol. The van der Waals surface area contributed by atoms with E-state index in [1.54, 1.807) is 44.5 Å². The van der Waals surface area contributed by atoms with E-state index in [2.05, 4.69) is 181 Å². The molecule has 0 aromatic heterocycles. The topological polar surface area (TPSA) is 3.24 Å². The minimum absolute atomic E-state index is 0.399. The van der Waals surface area contributed by atoms with Gasteiger partial charge in [0.15, 0.2) is 0 Å². The molecule has 10 aliphatic rings. The van der Waals surface area contributed by atoms with Gasteiger partial charge in [0.2, 0.25) is 0 Å². The van der Waals surface area contributed by atoms with Crippen molar-refractivity contribution in [1.29, 1.82) is 0 Å². The Hall–Kier alpha value is -6.44. The molecule has 334 valence electrons. The van der Waals surface area contributed by atoms with Crippen molar-refractivity contribution in [3.8, 4) is 44.5 Å². The van der Waals surface area contributed by atoms with Crippen molar-refractivity contribution in [2.45, 2.75) is 93.3 Å². The number of nitrogens with zero attached hydrogens (tertiary/aromatic N) is 1. The van der Waals surface area contributed by atoms with Gasteiger partial charge in [-0.15, -0.1) is 0 Å². The van der Waals surface area contributed by atoms with Gasteiger partial charge in [0.1, 0.15) is 0 Å². The van der Waals surface area contributed by atoms with Crippen LogP contribution in [0.3, 0.4) is 0 Å². The molecule has 8 aromatic carbocycles. The molecule has 0 radical (unpaired) electrons. The maximum atomic E-state index is 2.87. The molecule has 10 aliphatic carbocycles. The van der Waals surface area contributed by atoms with E-state index >= 15 is 0 Å². The fourth-order valence-electron chi connectivity index (χ4n) is 18.2. The molecule has 8 unspecified atom stereocenters. The second kappa shape index (κ2) is 13.7. The van der Waals surface area contributed by atoms with Gasteiger partial charge >= 0.3 is 0 Å². The van der Waals surface area contributed by atoms with Crippen LogP contribution >= 0.6 is 0 Å². The molecule has 8 aromatic rings. The van der Waals surface area contributed by atoms with Crippen molar-refractivity contribution in [3.05, 3.63) is 220 Å². The van der Waals surface area contributed by atoms with Crippen molar-refractivity contribution in [2.24, 2.45) is 29.1 Å². The first-order chi connectivity index (χ1) is 34.1. The fraction of sp³-hybridized carbons (Fsp3) is 0.294. The lowest BCUT2D eigenvalue weighted by atomic mass is 9.56. The van der Waals surface area contributed by atoms with Gasteiger partial charge in [0.25, 0.3) is 0 Å². The predicted octanol–water partition coefficient (Wildman–Crippen LogP) is 17.6. The molecule has 0 amide bonds. The number of hydrogen-bond acceptors (Lipinski definition) is 1. The zero-order valence-electron chi connectivity index (χ0n) is 39.4. The third-order valence-corrected chi connectivity index (χ3v) is 20.8. The first-order valence-electron chi connectivity index (χ1n) is 26.8. The fourth-order valence-corrected chi connectivity index (χ4v) is 18.2. The summed E-state index contributed by atoms with van der Waals surface area (Å²) in [5.41, 5.74) is 27.7. The zero-order chi connectivity index (χ0) is 44.7. The Morgan fingerprint density at radius 2 is 0.768 bits per heavy atom. The summed E-state index contributed by atoms with van der Waals surface area (Å²) < 4.78 is 0. The SMILES string of the molecule is c1ccc(-c2ccc(N(c3ccc(-c4ccccc4)cc3)c3ccc4c(c3)C3(c5ccccc5-4)c4cc5c(cc4-c4cc6c(cc43)C3CC4CC7CC6CC74C3)C3CC4CC(C3)CC5C4)cc2)cc1. The molecule has 7 bridgehead atoms. The molecule has 8 atom stereocenters. The molecular formula is C68H57N. The molecule has 5 saturated carbocycles. The third-order valence-electron chi connectivity index (χ3n) is 20.8. The smallest absolute Gasteiger partial charge is 0.0726 e. The van der Waals surface area contributed by atoms with E-state index in [0.717, 1.165) is 29.6 Å². The molecule has 1 nitrogen and oxygen atoms in total. The summed E-state index contributed by atoms with van der Waals surface area (Å²) in [5.74, 6) is 6.54. The molecule has 0 saturated heterocycles. The molecule has 2 spiro atoms. The summed E-state index contributed by atoms with van der Waals surface area (Å²) in [7, 11) is 0. The number of hydrogen-bond donors (Lipinski definition) is 0. The molecule has 1 heteroatoms. The van der Waals surface area contributed by atoms with Crippen molar-refractivity contribution >= 4 is 17.1 Å². The Morgan fingerprint density at radius 3 is 1.35 bits per heavy atom. The highest BCUT2D eigenvalue weighted by molar-refractivity contribution is 5.97. The summed E-state index contributed by atoms with van der Waals surface area (Å²) in [6.45, 7) is 0. The summed E-state index contributed by atoms with van der Waals surface area (Å²) in [4.78, 5) is 2.53. The minimum Gasteiger partial charge on any atom is -0.310 e. The summed E-state index contributed by atoms with van der Waals surface area (Å²) in [5, 5.41) is 0. The van der Waals surface area contributed by atoms with Gasteiger partial charge < -0.3 is 4.90 Å². The van der Waals surface area contributed by atoms with Crippen molar-refractivity contribution in [3.63, 3.8) is 0 Å². The quantitative estimate of drug-likeness (QED) is 0.166. The Morgan fingerprint density at radius 1 is 0.319 bits per heavy atom. The lowest BCUT2D eigenvalue weighted by Gasteiger charge is -2.48. The molecule has 69 heavy (non-hydrogen) atoms. The van der Waals surface area contributed by atoms with Gasteiger partial charge in [-0.2, -0.15) is 0 Å². The van der Waals surface area contributed by atoms with Crippen LogP contribution in [0.25, 0.3) is 44.5 Å². The first-order valence-corrected chi connectivity index (χ1v) is 26.8. The summed E-state index contributed by atoms with van der Waals surface area (Å²) in [6, 6.07) is 68.8. The van der Waals surface area contributed by atoms with Crippen molar-refractivity contribution in [1.82, 2.24) is 0 Å². The lowest BCUT2D eigenvalue weighted by Crippen LogP contribution is -2.41. The van der Waals surface area contributed by atoms with Crippen LogP contribution in [-0.2, 0) is 5.41 Å². The molecule has 5 fully saturated rings. The van der Waals surface area contributed by atoms with Crippen LogP contribution in [0.15, 0.2) is 176 Å². The van der Waals surface area contributed by atoms with E-state index in [1.165, 1.54) is 126 Å². The van der Waals surface area contributed by atoms with Crippen LogP contribution in [0.5, 0.6) is 0 Å². The van der Waals surface area contributed by atoms with E-state index in [9.17, 15) is 0 Å². The lowest BCUT2D eigenvalue weighted by molar-refractivity contribution is 0.00322. The van der Waals surface area contributed by atoms with Gasteiger partial charge in [-0.1, -0.05) is 140 Å². The van der Waals surface area contributed by atoms with E-state index in [4.69, 9.17) is 0 Å². The summed E-state index contributed by atoms with van der Waals surface area (Å²) in [6.07, 6.45) is 14.3. The highest BCUT2D eigenvalue weighted by Gasteiger charge is 2.66. The second-order valence-electron chi connectivity index (χ2n) is 23.7. The van der Waals surface area contributed by atoms with Crippen LogP contribution < -0.4 is 4.90 Å². The maximum Gasteiger partial charge on any atom is 0.0726 e. The largest absolute Gasteiger partial charge is 0.310 e. The molecular weight excluding hydrogens is 831 g/mol. The standard InChI is InChI=1S/C68H57N/c1-3-9-42(10-4-1)44-15-19-52(20-16-44)69(53-21-17-45(18-22-53)43-11-5-2-6-12-43)54-23-24-56-55-13-7-8-14-63(55)68(64(56)33-54)65-36-59-47-28-40-25-41(29-47)27-46(26-40)57(59)34-61(65)62-35-58-48-30-50-32-51-31-49(39-67(50,51)38-48)60(58)37-66(62)68/h1-24,33-37,40-41,46-51H,25-32,38-39H2. The number of anilines is 3. The Labute approximate surface area is 407 Å². The molecule has 0 heterocycles. The van der Waals surface area contributed by atoms with Crippen molar-refractivity contribution < 1.29 is 0 Å². The van der Waals surface area contributed by atoms with Gasteiger partial charge in [-0.05, 0) is 242 Å². The number of fused-ring (bicyclic) bond motifs is 15. The van der Waals surface area contributed by atoms with Crippen LogP contribution in [0.1, 0.15) is 132 Å². The van der Waals surface area contributed by atoms with Gasteiger partial charge in [0.05, 0.1) is 5.41 Å². The Balaban J connectivity index is 0.909. The second-order valence-corrected chi connectivity index (χ2v) is 23.7. The first kappa shape index (κ1) is 38.4. The Bertz CT molecular complexity index is 3360. The molecule has 18 rings (SSSR count). The number of rotatable bonds is 5. The van der Waals surface area contributed by atoms with Crippen molar-refractivity contribution in [2.75, 3.05) is 4.90 Å². The van der Waals surface area contributed by atoms with Gasteiger partial charge in [0, 0.05) is 17.1 Å². The van der Waals surface area contributed by atoms with E-state index in [-0.39, 0.29) is 0 Å². The van der Waals surface area contributed by atoms with E-state index in [1.807, 2.05) is 0 Å². The van der Waals surface area contributed by atoms with Crippen LogP contribution in [0.2, 0.25) is 0 Å². The Kier molecular flexibility index (Phi) is 7.61. The van der Waals surface area contributed by atoms with Crippen LogP contribution in [0.4, 0.5) is 17.1 Å². The maximum absolute atomic E-state index is 2.87. The van der Waals surface area contributed by atoms with Crippen LogP contribution in [-0.4, -0.2) is 0 Å². The average Bonchev–Trinajstić information content (AvgIpc) is 4.00. The third kappa shape index (κ3) is 5.07. The minimum atomic E-state index is -0.399. The van der Waals surface area contributed by atoms with Gasteiger partial charge in [-0.3, -0.25) is 0 Å². The zero-order valence-corrected chi connectivity index (χ0v) is 39.4. The molecule has 0 aliphatic heterocycles. The van der Waals surface area contributed by atoms with E-state index < -0.39 is 5.41 Å². The predicted molar refractivity (Wildman–Crippen MR) is 282 cm³/mol. The average molecular weight is 888 g/mol. The summed E-state index contributed by atoms with van der Waals surface area (Å²) >= 11 is 0. The highest BCUT2D eigenvalue weighted by atomic mass is 15.1.